The standard InChI is InChI=1S/C17H22F3NO2/c1-16(23,12-7-3-2-4-8-12)11-15(22)21-14-10-6-5-9-13(14)17(18,19)20/h2-4,7-8,13-14,23H,5-6,9-11H2,1H3,(H,21,22). The van der Waals surface area contributed by atoms with Crippen LogP contribution in [0.1, 0.15) is 44.6 Å². The molecule has 1 aliphatic rings. The summed E-state index contributed by atoms with van der Waals surface area (Å²) in [6, 6.07) is 7.74. The molecule has 3 nitrogen and oxygen atoms in total. The number of nitrogens with one attached hydrogen (secondary N) is 1. The predicted octanol–water partition coefficient (Wildman–Crippen LogP) is 3.52. The van der Waals surface area contributed by atoms with Crippen LogP contribution in [-0.2, 0) is 10.4 Å². The van der Waals surface area contributed by atoms with Crippen molar-refractivity contribution in [1.82, 2.24) is 5.32 Å². The van der Waals surface area contributed by atoms with E-state index in [0.717, 1.165) is 0 Å². The summed E-state index contributed by atoms with van der Waals surface area (Å²) >= 11 is 0. The molecule has 2 rings (SSSR count). The van der Waals surface area contributed by atoms with Gasteiger partial charge in [0.2, 0.25) is 5.91 Å². The largest absolute Gasteiger partial charge is 0.393 e. The van der Waals surface area contributed by atoms with E-state index >= 15 is 0 Å². The van der Waals surface area contributed by atoms with Gasteiger partial charge in [0.1, 0.15) is 0 Å². The van der Waals surface area contributed by atoms with Gasteiger partial charge in [0, 0.05) is 6.04 Å². The minimum atomic E-state index is -4.31. The van der Waals surface area contributed by atoms with Crippen LogP contribution in [-0.4, -0.2) is 23.2 Å². The number of hydrogen-bond donors (Lipinski definition) is 2. The summed E-state index contributed by atoms with van der Waals surface area (Å²) < 4.78 is 39.1. The van der Waals surface area contributed by atoms with E-state index in [0.29, 0.717) is 24.8 Å². The van der Waals surface area contributed by atoms with Crippen LogP contribution >= 0.6 is 0 Å². The Labute approximate surface area is 133 Å². The van der Waals surface area contributed by atoms with Gasteiger partial charge in [0.05, 0.1) is 17.9 Å². The van der Waals surface area contributed by atoms with E-state index in [4.69, 9.17) is 0 Å². The smallest absolute Gasteiger partial charge is 0.385 e. The summed E-state index contributed by atoms with van der Waals surface area (Å²) in [7, 11) is 0. The number of aliphatic hydroxyl groups is 1. The SMILES string of the molecule is CC(O)(CC(=O)NC1CCCCC1C(F)(F)F)c1ccccc1. The lowest BCUT2D eigenvalue weighted by molar-refractivity contribution is -0.189. The van der Waals surface area contributed by atoms with Gasteiger partial charge >= 0.3 is 6.18 Å². The van der Waals surface area contributed by atoms with Gasteiger partial charge in [-0.25, -0.2) is 0 Å². The van der Waals surface area contributed by atoms with Crippen molar-refractivity contribution in [3.63, 3.8) is 0 Å². The Morgan fingerprint density at radius 3 is 2.43 bits per heavy atom. The first-order valence-corrected chi connectivity index (χ1v) is 7.84. The summed E-state index contributed by atoms with van der Waals surface area (Å²) in [5.74, 6) is -2.05. The molecule has 0 aromatic heterocycles. The number of halogens is 3. The van der Waals surface area contributed by atoms with Gasteiger partial charge in [0.15, 0.2) is 0 Å². The van der Waals surface area contributed by atoms with E-state index < -0.39 is 29.6 Å². The van der Waals surface area contributed by atoms with Gasteiger partial charge in [-0.1, -0.05) is 43.2 Å². The molecule has 1 saturated carbocycles. The molecule has 0 spiro atoms. The maximum atomic E-state index is 13.0. The number of hydrogen-bond acceptors (Lipinski definition) is 2. The molecule has 6 heteroatoms. The average Bonchev–Trinajstić information content (AvgIpc) is 2.47. The van der Waals surface area contributed by atoms with E-state index in [-0.39, 0.29) is 12.8 Å². The van der Waals surface area contributed by atoms with E-state index in [1.807, 2.05) is 0 Å². The Bertz CT molecular complexity index is 528. The summed E-state index contributed by atoms with van der Waals surface area (Å²) in [5.41, 5.74) is -0.848. The van der Waals surface area contributed by atoms with Crippen LogP contribution in [0.4, 0.5) is 13.2 Å². The van der Waals surface area contributed by atoms with Crippen LogP contribution in [0.5, 0.6) is 0 Å². The van der Waals surface area contributed by atoms with Crippen molar-refractivity contribution in [2.75, 3.05) is 0 Å². The summed E-state index contributed by atoms with van der Waals surface area (Å²) in [5, 5.41) is 12.9. The minimum absolute atomic E-state index is 0.0452. The molecule has 128 valence electrons. The Kier molecular flexibility index (Phi) is 5.34. The van der Waals surface area contributed by atoms with Gasteiger partial charge in [-0.15, -0.1) is 0 Å². The van der Waals surface area contributed by atoms with Crippen molar-refractivity contribution >= 4 is 5.91 Å². The topological polar surface area (TPSA) is 49.3 Å². The number of rotatable bonds is 4. The molecular weight excluding hydrogens is 307 g/mol. The molecule has 0 heterocycles. The Balaban J connectivity index is 2.01. The summed E-state index contributed by atoms with van der Waals surface area (Å²) in [6.45, 7) is 1.49. The first kappa shape index (κ1) is 17.8. The van der Waals surface area contributed by atoms with Crippen molar-refractivity contribution in [1.29, 1.82) is 0 Å². The van der Waals surface area contributed by atoms with Crippen molar-refractivity contribution in [3.05, 3.63) is 35.9 Å². The molecule has 1 amide bonds. The number of carbonyl (C=O) groups excluding carboxylic acids is 1. The summed E-state index contributed by atoms with van der Waals surface area (Å²) in [4.78, 5) is 12.1. The number of carbonyl (C=O) groups is 1. The van der Waals surface area contributed by atoms with Gasteiger partial charge in [-0.3, -0.25) is 4.79 Å². The van der Waals surface area contributed by atoms with E-state index in [1.165, 1.54) is 6.92 Å². The second-order valence-corrected chi connectivity index (χ2v) is 6.42. The van der Waals surface area contributed by atoms with Crippen molar-refractivity contribution in [3.8, 4) is 0 Å². The van der Waals surface area contributed by atoms with Crippen LogP contribution < -0.4 is 5.32 Å². The molecule has 1 aromatic rings. The van der Waals surface area contributed by atoms with E-state index in [1.54, 1.807) is 30.3 Å². The van der Waals surface area contributed by atoms with Crippen LogP contribution in [0.3, 0.4) is 0 Å². The fraction of sp³-hybridized carbons (Fsp3) is 0.588. The monoisotopic (exact) mass is 329 g/mol. The highest BCUT2D eigenvalue weighted by Gasteiger charge is 2.46. The highest BCUT2D eigenvalue weighted by atomic mass is 19.4. The first-order chi connectivity index (χ1) is 10.7. The highest BCUT2D eigenvalue weighted by molar-refractivity contribution is 5.77. The number of benzene rings is 1. The quantitative estimate of drug-likeness (QED) is 0.888. The maximum Gasteiger partial charge on any atom is 0.393 e. The van der Waals surface area contributed by atoms with Crippen LogP contribution in [0.2, 0.25) is 0 Å². The predicted molar refractivity (Wildman–Crippen MR) is 80.6 cm³/mol. The minimum Gasteiger partial charge on any atom is -0.385 e. The fourth-order valence-corrected chi connectivity index (χ4v) is 3.17. The van der Waals surface area contributed by atoms with Crippen LogP contribution in [0.25, 0.3) is 0 Å². The van der Waals surface area contributed by atoms with Gasteiger partial charge in [-0.2, -0.15) is 13.2 Å². The highest BCUT2D eigenvalue weighted by Crippen LogP contribution is 2.38. The molecule has 1 fully saturated rings. The lowest BCUT2D eigenvalue weighted by atomic mass is 9.83. The number of amides is 1. The van der Waals surface area contributed by atoms with Crippen molar-refractivity contribution < 1.29 is 23.1 Å². The average molecular weight is 329 g/mol. The molecule has 0 saturated heterocycles. The Hall–Kier alpha value is -1.56. The molecule has 3 unspecified atom stereocenters. The third-order valence-electron chi connectivity index (χ3n) is 4.43. The fourth-order valence-electron chi connectivity index (χ4n) is 3.17. The molecule has 1 aromatic carbocycles. The normalized spacial score (nSPS) is 24.7. The summed E-state index contributed by atoms with van der Waals surface area (Å²) in [6.07, 6.45) is -3.00. The van der Waals surface area contributed by atoms with Gasteiger partial charge in [0.25, 0.3) is 0 Å². The third kappa shape index (κ3) is 4.70. The van der Waals surface area contributed by atoms with E-state index in [9.17, 15) is 23.1 Å². The zero-order valence-electron chi connectivity index (χ0n) is 13.1. The lowest BCUT2D eigenvalue weighted by Gasteiger charge is -2.34. The van der Waals surface area contributed by atoms with Crippen molar-refractivity contribution in [2.24, 2.45) is 5.92 Å². The molecule has 0 radical (unpaired) electrons. The molecule has 0 bridgehead atoms. The van der Waals surface area contributed by atoms with E-state index in [2.05, 4.69) is 5.32 Å². The van der Waals surface area contributed by atoms with Crippen LogP contribution in [0.15, 0.2) is 30.3 Å². The van der Waals surface area contributed by atoms with Gasteiger partial charge in [-0.05, 0) is 25.3 Å². The Morgan fingerprint density at radius 1 is 1.22 bits per heavy atom. The molecule has 23 heavy (non-hydrogen) atoms. The second kappa shape index (κ2) is 6.91. The maximum absolute atomic E-state index is 13.0. The van der Waals surface area contributed by atoms with Crippen LogP contribution in [0, 0.1) is 5.92 Å². The Morgan fingerprint density at radius 2 is 1.83 bits per heavy atom. The third-order valence-corrected chi connectivity index (χ3v) is 4.43. The molecular formula is C17H22F3NO2. The van der Waals surface area contributed by atoms with Gasteiger partial charge < -0.3 is 10.4 Å². The molecule has 3 atom stereocenters. The number of alkyl halides is 3. The second-order valence-electron chi connectivity index (χ2n) is 6.42. The zero-order chi connectivity index (χ0) is 17.1. The molecule has 0 aliphatic heterocycles. The van der Waals surface area contributed by atoms with Crippen molar-refractivity contribution in [2.45, 2.75) is 56.8 Å². The first-order valence-electron chi connectivity index (χ1n) is 7.84. The lowest BCUT2D eigenvalue weighted by Crippen LogP contribution is -2.48. The molecule has 2 N–H and O–H groups in total. The molecule has 1 aliphatic carbocycles. The zero-order valence-corrected chi connectivity index (χ0v) is 13.1.